The van der Waals surface area contributed by atoms with Crippen molar-refractivity contribution in [1.29, 1.82) is 0 Å². The molecular weight excluding hydrogens is 293 g/mol. The van der Waals surface area contributed by atoms with Crippen molar-refractivity contribution in [2.24, 2.45) is 5.16 Å². The molecule has 0 bridgehead atoms. The van der Waals surface area contributed by atoms with Gasteiger partial charge >= 0.3 is 12.3 Å². The lowest BCUT2D eigenvalue weighted by Crippen LogP contribution is -2.63. The fraction of sp³-hybridized carbons (Fsp3) is 0.833. The molecule has 2 heterocycles. The number of halogens is 3. The standard InChI is InChI=1S/C12H17F3N2O4/c1-10(2,3)20-9(18)17-5-4-7-11(19,6-17)8(21-16-7)12(13,14)15/h8,19H,4-6H2,1-3H3. The van der Waals surface area contributed by atoms with Crippen LogP contribution < -0.4 is 0 Å². The van der Waals surface area contributed by atoms with Crippen LogP contribution in [0.25, 0.3) is 0 Å². The Hall–Kier alpha value is -1.51. The summed E-state index contributed by atoms with van der Waals surface area (Å²) in [4.78, 5) is 17.3. The second-order valence-electron chi connectivity index (χ2n) is 6.14. The molecule has 6 nitrogen and oxygen atoms in total. The van der Waals surface area contributed by atoms with Crippen LogP contribution in [-0.2, 0) is 9.57 Å². The van der Waals surface area contributed by atoms with E-state index in [1.54, 1.807) is 20.8 Å². The first-order chi connectivity index (χ1) is 9.43. The summed E-state index contributed by atoms with van der Waals surface area (Å²) in [5, 5.41) is 13.6. The molecule has 0 radical (unpaired) electrons. The number of carbonyl (C=O) groups is 1. The minimum Gasteiger partial charge on any atom is -0.444 e. The molecular formula is C12H17F3N2O4. The maximum absolute atomic E-state index is 12.9. The quantitative estimate of drug-likeness (QED) is 0.739. The Bertz CT molecular complexity index is 472. The summed E-state index contributed by atoms with van der Waals surface area (Å²) in [6.07, 6.45) is -8.02. The van der Waals surface area contributed by atoms with Gasteiger partial charge in [0.15, 0.2) is 5.60 Å². The van der Waals surface area contributed by atoms with E-state index in [-0.39, 0.29) is 18.7 Å². The number of likely N-dealkylation sites (tertiary alicyclic amines) is 1. The van der Waals surface area contributed by atoms with Crippen LogP contribution in [0.1, 0.15) is 27.2 Å². The Morgan fingerprint density at radius 3 is 2.62 bits per heavy atom. The molecule has 0 spiro atoms. The highest BCUT2D eigenvalue weighted by Crippen LogP contribution is 2.39. The van der Waals surface area contributed by atoms with Crippen molar-refractivity contribution < 1.29 is 32.6 Å². The van der Waals surface area contributed by atoms with Crippen molar-refractivity contribution in [3.05, 3.63) is 0 Å². The molecule has 1 saturated heterocycles. The normalized spacial score (nSPS) is 29.6. The lowest BCUT2D eigenvalue weighted by Gasteiger charge is -2.39. The molecule has 2 unspecified atom stereocenters. The van der Waals surface area contributed by atoms with Gasteiger partial charge < -0.3 is 19.6 Å². The maximum Gasteiger partial charge on any atom is 0.431 e. The number of hydrogen-bond acceptors (Lipinski definition) is 5. The molecule has 9 heteroatoms. The number of oxime groups is 1. The zero-order valence-electron chi connectivity index (χ0n) is 11.9. The van der Waals surface area contributed by atoms with Crippen LogP contribution in [0, 0.1) is 0 Å². The molecule has 0 saturated carbocycles. The van der Waals surface area contributed by atoms with Gasteiger partial charge in [-0.3, -0.25) is 0 Å². The third-order valence-corrected chi connectivity index (χ3v) is 3.20. The van der Waals surface area contributed by atoms with E-state index in [2.05, 4.69) is 9.99 Å². The smallest absolute Gasteiger partial charge is 0.431 e. The fourth-order valence-electron chi connectivity index (χ4n) is 2.29. The monoisotopic (exact) mass is 310 g/mol. The minimum atomic E-state index is -4.78. The Labute approximate surface area is 119 Å². The summed E-state index contributed by atoms with van der Waals surface area (Å²) in [6.45, 7) is 4.49. The zero-order valence-corrected chi connectivity index (χ0v) is 11.9. The number of carbonyl (C=O) groups excluding carboxylic acids is 1. The molecule has 21 heavy (non-hydrogen) atoms. The minimum absolute atomic E-state index is 0.00230. The van der Waals surface area contributed by atoms with Gasteiger partial charge in [-0.25, -0.2) is 4.79 Å². The predicted octanol–water partition coefficient (Wildman–Crippen LogP) is 1.68. The summed E-state index contributed by atoms with van der Waals surface area (Å²) in [5.41, 5.74) is -3.22. The summed E-state index contributed by atoms with van der Waals surface area (Å²) >= 11 is 0. The molecule has 120 valence electrons. The van der Waals surface area contributed by atoms with Crippen LogP contribution in [0.15, 0.2) is 5.16 Å². The van der Waals surface area contributed by atoms with Crippen molar-refractivity contribution in [3.63, 3.8) is 0 Å². The number of alkyl halides is 3. The first-order valence-corrected chi connectivity index (χ1v) is 6.44. The summed E-state index contributed by atoms with van der Waals surface area (Å²) in [6, 6.07) is 0. The number of piperidine rings is 1. The number of ether oxygens (including phenoxy) is 1. The van der Waals surface area contributed by atoms with E-state index in [4.69, 9.17) is 4.74 Å². The molecule has 0 aliphatic carbocycles. The van der Waals surface area contributed by atoms with Gasteiger partial charge in [-0.2, -0.15) is 13.2 Å². The van der Waals surface area contributed by atoms with E-state index in [0.29, 0.717) is 0 Å². The van der Waals surface area contributed by atoms with Crippen LogP contribution in [0.2, 0.25) is 0 Å². The van der Waals surface area contributed by atoms with Gasteiger partial charge in [0, 0.05) is 13.0 Å². The van der Waals surface area contributed by atoms with E-state index in [0.717, 1.165) is 4.90 Å². The number of aliphatic hydroxyl groups is 1. The van der Waals surface area contributed by atoms with Crippen molar-refractivity contribution in [1.82, 2.24) is 4.90 Å². The molecule has 0 aromatic heterocycles. The average Bonchev–Trinajstić information content (AvgIpc) is 2.61. The van der Waals surface area contributed by atoms with E-state index < -0.39 is 36.1 Å². The lowest BCUT2D eigenvalue weighted by atomic mass is 9.86. The van der Waals surface area contributed by atoms with Crippen LogP contribution in [0.3, 0.4) is 0 Å². The summed E-state index contributed by atoms with van der Waals surface area (Å²) in [7, 11) is 0. The fourth-order valence-corrected chi connectivity index (χ4v) is 2.29. The van der Waals surface area contributed by atoms with Crippen molar-refractivity contribution in [3.8, 4) is 0 Å². The molecule has 2 aliphatic heterocycles. The highest BCUT2D eigenvalue weighted by molar-refractivity contribution is 5.96. The summed E-state index contributed by atoms with van der Waals surface area (Å²) < 4.78 is 43.8. The largest absolute Gasteiger partial charge is 0.444 e. The number of fused-ring (bicyclic) bond motifs is 1. The Kier molecular flexibility index (Phi) is 3.59. The van der Waals surface area contributed by atoms with E-state index >= 15 is 0 Å². The molecule has 1 amide bonds. The van der Waals surface area contributed by atoms with Crippen LogP contribution in [0.4, 0.5) is 18.0 Å². The van der Waals surface area contributed by atoms with E-state index in [1.807, 2.05) is 0 Å². The van der Waals surface area contributed by atoms with Gasteiger partial charge in [0.25, 0.3) is 6.10 Å². The van der Waals surface area contributed by atoms with Gasteiger partial charge in [-0.15, -0.1) is 0 Å². The van der Waals surface area contributed by atoms with Crippen LogP contribution in [-0.4, -0.2) is 58.4 Å². The average molecular weight is 310 g/mol. The number of nitrogens with zero attached hydrogens (tertiary/aromatic N) is 2. The first-order valence-electron chi connectivity index (χ1n) is 6.44. The molecule has 2 aliphatic rings. The molecule has 1 N–H and O–H groups in total. The van der Waals surface area contributed by atoms with Gasteiger partial charge in [0.1, 0.15) is 5.60 Å². The third kappa shape index (κ3) is 3.07. The van der Waals surface area contributed by atoms with Gasteiger partial charge in [0.05, 0.1) is 12.3 Å². The second kappa shape index (κ2) is 4.75. The molecule has 2 rings (SSSR count). The molecule has 2 atom stereocenters. The first kappa shape index (κ1) is 15.9. The number of β-amino-alcohol motifs (C(OH)–C–C–N with tert-alkyl or cyclic N) is 1. The highest BCUT2D eigenvalue weighted by atomic mass is 19.4. The maximum atomic E-state index is 12.9. The third-order valence-electron chi connectivity index (χ3n) is 3.20. The van der Waals surface area contributed by atoms with Crippen molar-refractivity contribution >= 4 is 11.8 Å². The Morgan fingerprint density at radius 1 is 1.48 bits per heavy atom. The number of rotatable bonds is 0. The van der Waals surface area contributed by atoms with Crippen molar-refractivity contribution in [2.75, 3.05) is 13.1 Å². The van der Waals surface area contributed by atoms with Gasteiger partial charge in [-0.1, -0.05) is 5.16 Å². The summed E-state index contributed by atoms with van der Waals surface area (Å²) in [5.74, 6) is 0. The van der Waals surface area contributed by atoms with Crippen molar-refractivity contribution in [2.45, 2.75) is 50.7 Å². The Balaban J connectivity index is 2.16. The van der Waals surface area contributed by atoms with Gasteiger partial charge in [0.2, 0.25) is 0 Å². The molecule has 0 aromatic carbocycles. The van der Waals surface area contributed by atoms with Gasteiger partial charge in [-0.05, 0) is 20.8 Å². The number of hydrogen-bond donors (Lipinski definition) is 1. The topological polar surface area (TPSA) is 71.4 Å². The van der Waals surface area contributed by atoms with Crippen LogP contribution >= 0.6 is 0 Å². The van der Waals surface area contributed by atoms with E-state index in [9.17, 15) is 23.1 Å². The SMILES string of the molecule is CC(C)(C)OC(=O)N1CCC2=NOC(C(F)(F)F)C2(O)C1. The highest BCUT2D eigenvalue weighted by Gasteiger charge is 2.63. The second-order valence-corrected chi connectivity index (χ2v) is 6.14. The number of amides is 1. The zero-order chi connectivity index (χ0) is 16.1. The van der Waals surface area contributed by atoms with Crippen LogP contribution in [0.5, 0.6) is 0 Å². The molecule has 1 fully saturated rings. The predicted molar refractivity (Wildman–Crippen MR) is 65.7 cm³/mol. The molecule has 0 aromatic rings. The Morgan fingerprint density at radius 2 is 2.10 bits per heavy atom. The van der Waals surface area contributed by atoms with E-state index in [1.165, 1.54) is 0 Å². The lowest BCUT2D eigenvalue weighted by molar-refractivity contribution is -0.250.